The fourth-order valence-corrected chi connectivity index (χ4v) is 2.25. The standard InChI is InChI=1S/C16H16F2N4O2/c1-22-16-12(8-21-22)15(4-5-19-16)20-7-10(23)9-24-11-2-3-13(17)14(18)6-11/h2-6,8,10,23H,7,9H2,1H3,(H,19,20)/t10-/m1/s1. The van der Waals surface area contributed by atoms with Crippen molar-refractivity contribution < 1.29 is 18.6 Å². The van der Waals surface area contributed by atoms with Crippen LogP contribution in [0.25, 0.3) is 11.0 Å². The number of rotatable bonds is 6. The van der Waals surface area contributed by atoms with Crippen molar-refractivity contribution in [2.24, 2.45) is 7.05 Å². The highest BCUT2D eigenvalue weighted by Gasteiger charge is 2.10. The molecule has 3 aromatic rings. The molecule has 8 heteroatoms. The zero-order chi connectivity index (χ0) is 17.1. The Hall–Kier alpha value is -2.74. The molecule has 0 spiro atoms. The van der Waals surface area contributed by atoms with Crippen molar-refractivity contribution in [1.82, 2.24) is 14.8 Å². The van der Waals surface area contributed by atoms with Crippen molar-refractivity contribution >= 4 is 16.7 Å². The zero-order valence-electron chi connectivity index (χ0n) is 12.9. The Morgan fingerprint density at radius 2 is 2.12 bits per heavy atom. The van der Waals surface area contributed by atoms with Gasteiger partial charge in [0.1, 0.15) is 18.5 Å². The summed E-state index contributed by atoms with van der Waals surface area (Å²) >= 11 is 0. The second-order valence-corrected chi connectivity index (χ2v) is 5.29. The van der Waals surface area contributed by atoms with Crippen LogP contribution < -0.4 is 10.1 Å². The molecule has 0 unspecified atom stereocenters. The van der Waals surface area contributed by atoms with Crippen LogP contribution in [-0.2, 0) is 7.05 Å². The molecular weight excluding hydrogens is 318 g/mol. The lowest BCUT2D eigenvalue weighted by Crippen LogP contribution is -2.26. The number of aryl methyl sites for hydroxylation is 1. The zero-order valence-corrected chi connectivity index (χ0v) is 12.9. The number of aliphatic hydroxyl groups is 1. The van der Waals surface area contributed by atoms with Crippen LogP contribution in [0.15, 0.2) is 36.7 Å². The summed E-state index contributed by atoms with van der Waals surface area (Å²) in [5.74, 6) is -1.77. The molecule has 126 valence electrons. The maximum absolute atomic E-state index is 13.1. The highest BCUT2D eigenvalue weighted by Crippen LogP contribution is 2.20. The Labute approximate surface area is 136 Å². The summed E-state index contributed by atoms with van der Waals surface area (Å²) < 4.78 is 32.8. The predicted molar refractivity (Wildman–Crippen MR) is 84.9 cm³/mol. The van der Waals surface area contributed by atoms with Crippen molar-refractivity contribution in [3.05, 3.63) is 48.3 Å². The van der Waals surface area contributed by atoms with E-state index in [1.54, 1.807) is 30.2 Å². The minimum atomic E-state index is -0.990. The van der Waals surface area contributed by atoms with Crippen LogP contribution in [0.1, 0.15) is 0 Å². The van der Waals surface area contributed by atoms with Crippen LogP contribution in [0, 0.1) is 11.6 Å². The van der Waals surface area contributed by atoms with Gasteiger partial charge in [0.05, 0.1) is 11.6 Å². The summed E-state index contributed by atoms with van der Waals surface area (Å²) in [6.45, 7) is 0.164. The lowest BCUT2D eigenvalue weighted by molar-refractivity contribution is 0.117. The van der Waals surface area contributed by atoms with E-state index in [9.17, 15) is 13.9 Å². The van der Waals surface area contributed by atoms with E-state index in [-0.39, 0.29) is 18.9 Å². The van der Waals surface area contributed by atoms with Gasteiger partial charge in [-0.05, 0) is 18.2 Å². The third-order valence-corrected chi connectivity index (χ3v) is 3.50. The molecule has 0 fully saturated rings. The molecule has 0 bridgehead atoms. The fourth-order valence-electron chi connectivity index (χ4n) is 2.25. The van der Waals surface area contributed by atoms with Crippen molar-refractivity contribution in [3.8, 4) is 5.75 Å². The average molecular weight is 334 g/mol. The molecule has 2 N–H and O–H groups in total. The van der Waals surface area contributed by atoms with E-state index in [1.165, 1.54) is 6.07 Å². The van der Waals surface area contributed by atoms with E-state index >= 15 is 0 Å². The molecule has 6 nitrogen and oxygen atoms in total. The summed E-state index contributed by atoms with van der Waals surface area (Å²) in [6.07, 6.45) is 2.50. The normalized spacial score (nSPS) is 12.3. The second kappa shape index (κ2) is 6.79. The molecule has 1 atom stereocenters. The molecule has 24 heavy (non-hydrogen) atoms. The highest BCUT2D eigenvalue weighted by molar-refractivity contribution is 5.88. The molecule has 2 heterocycles. The lowest BCUT2D eigenvalue weighted by Gasteiger charge is -2.14. The van der Waals surface area contributed by atoms with Gasteiger partial charge in [0.15, 0.2) is 17.3 Å². The monoisotopic (exact) mass is 334 g/mol. The van der Waals surface area contributed by atoms with Gasteiger partial charge in [-0.25, -0.2) is 13.8 Å². The third-order valence-electron chi connectivity index (χ3n) is 3.50. The molecule has 1 aromatic carbocycles. The van der Waals surface area contributed by atoms with Gasteiger partial charge >= 0.3 is 0 Å². The van der Waals surface area contributed by atoms with Crippen LogP contribution in [0.5, 0.6) is 5.75 Å². The van der Waals surface area contributed by atoms with Crippen LogP contribution in [0.3, 0.4) is 0 Å². The summed E-state index contributed by atoms with van der Waals surface area (Å²) in [6, 6.07) is 5.01. The first-order chi connectivity index (χ1) is 11.5. The van der Waals surface area contributed by atoms with E-state index in [0.29, 0.717) is 0 Å². The summed E-state index contributed by atoms with van der Waals surface area (Å²) in [5.41, 5.74) is 1.52. The number of benzene rings is 1. The summed E-state index contributed by atoms with van der Waals surface area (Å²) in [5, 5.41) is 18.1. The quantitative estimate of drug-likeness (QED) is 0.722. The Morgan fingerprint density at radius 1 is 1.29 bits per heavy atom. The summed E-state index contributed by atoms with van der Waals surface area (Å²) in [7, 11) is 1.80. The number of aliphatic hydroxyl groups excluding tert-OH is 1. The molecule has 0 aliphatic heterocycles. The number of nitrogens with one attached hydrogen (secondary N) is 1. The molecule has 0 saturated carbocycles. The molecule has 0 radical (unpaired) electrons. The van der Waals surface area contributed by atoms with Crippen molar-refractivity contribution in [3.63, 3.8) is 0 Å². The molecule has 0 saturated heterocycles. The Bertz CT molecular complexity index is 853. The molecule has 2 aromatic heterocycles. The van der Waals surface area contributed by atoms with Gasteiger partial charge in [0.2, 0.25) is 0 Å². The van der Waals surface area contributed by atoms with E-state index < -0.39 is 17.7 Å². The molecule has 0 amide bonds. The minimum Gasteiger partial charge on any atom is -0.491 e. The first-order valence-corrected chi connectivity index (χ1v) is 7.31. The first kappa shape index (κ1) is 16.1. The predicted octanol–water partition coefficient (Wildman–Crippen LogP) is 2.10. The van der Waals surface area contributed by atoms with Crippen LogP contribution >= 0.6 is 0 Å². The molecule has 0 aliphatic carbocycles. The van der Waals surface area contributed by atoms with Crippen LogP contribution in [0.4, 0.5) is 14.5 Å². The van der Waals surface area contributed by atoms with Gasteiger partial charge in [-0.2, -0.15) is 5.10 Å². The first-order valence-electron chi connectivity index (χ1n) is 7.31. The van der Waals surface area contributed by atoms with Gasteiger partial charge in [0.25, 0.3) is 0 Å². The average Bonchev–Trinajstić information content (AvgIpc) is 2.96. The topological polar surface area (TPSA) is 72.2 Å². The van der Waals surface area contributed by atoms with Crippen LogP contribution in [0.2, 0.25) is 0 Å². The molecule has 0 aliphatic rings. The van der Waals surface area contributed by atoms with Crippen LogP contribution in [-0.4, -0.2) is 39.1 Å². The number of hydrogen-bond acceptors (Lipinski definition) is 5. The van der Waals surface area contributed by atoms with Crippen molar-refractivity contribution in [2.45, 2.75) is 6.10 Å². The van der Waals surface area contributed by atoms with Gasteiger partial charge in [-0.1, -0.05) is 0 Å². The maximum atomic E-state index is 13.1. The number of anilines is 1. The Kier molecular flexibility index (Phi) is 4.57. The number of ether oxygens (including phenoxy) is 1. The largest absolute Gasteiger partial charge is 0.491 e. The minimum absolute atomic E-state index is 0.0562. The molecule has 3 rings (SSSR count). The maximum Gasteiger partial charge on any atom is 0.162 e. The second-order valence-electron chi connectivity index (χ2n) is 5.29. The number of pyridine rings is 1. The van der Waals surface area contributed by atoms with Gasteiger partial charge in [0, 0.05) is 31.5 Å². The number of halogens is 2. The smallest absolute Gasteiger partial charge is 0.162 e. The van der Waals surface area contributed by atoms with Crippen molar-refractivity contribution in [1.29, 1.82) is 0 Å². The Balaban J connectivity index is 1.57. The van der Waals surface area contributed by atoms with Gasteiger partial charge < -0.3 is 15.2 Å². The van der Waals surface area contributed by atoms with E-state index in [0.717, 1.165) is 28.9 Å². The highest BCUT2D eigenvalue weighted by atomic mass is 19.2. The third kappa shape index (κ3) is 3.43. The van der Waals surface area contributed by atoms with Gasteiger partial charge in [-0.3, -0.25) is 4.68 Å². The van der Waals surface area contributed by atoms with E-state index in [4.69, 9.17) is 4.74 Å². The molecular formula is C16H16F2N4O2. The SMILES string of the molecule is Cn1ncc2c(NC[C@@H](O)COc3ccc(F)c(F)c3)ccnc21. The van der Waals surface area contributed by atoms with E-state index in [2.05, 4.69) is 15.4 Å². The number of hydrogen-bond donors (Lipinski definition) is 2. The summed E-state index contributed by atoms with van der Waals surface area (Å²) in [4.78, 5) is 4.23. The lowest BCUT2D eigenvalue weighted by atomic mass is 10.2. The number of fused-ring (bicyclic) bond motifs is 1. The fraction of sp³-hybridized carbons (Fsp3) is 0.250. The number of nitrogens with zero attached hydrogens (tertiary/aromatic N) is 3. The van der Waals surface area contributed by atoms with E-state index in [1.807, 2.05) is 0 Å². The van der Waals surface area contributed by atoms with Gasteiger partial charge in [-0.15, -0.1) is 0 Å². The van der Waals surface area contributed by atoms with Crippen molar-refractivity contribution in [2.75, 3.05) is 18.5 Å². The number of aromatic nitrogens is 3. The Morgan fingerprint density at radius 3 is 2.92 bits per heavy atom.